The summed E-state index contributed by atoms with van der Waals surface area (Å²) in [7, 11) is 0. The fourth-order valence-corrected chi connectivity index (χ4v) is 4.53. The van der Waals surface area contributed by atoms with Crippen molar-refractivity contribution < 1.29 is 14.7 Å². The highest BCUT2D eigenvalue weighted by molar-refractivity contribution is 7.80. The van der Waals surface area contributed by atoms with E-state index in [4.69, 9.17) is 0 Å². The third-order valence-electron chi connectivity index (χ3n) is 6.07. The molecule has 0 bridgehead atoms. The smallest absolute Gasteiger partial charge is 0.228 e. The van der Waals surface area contributed by atoms with E-state index >= 15 is 0 Å². The minimum absolute atomic E-state index is 0.248. The van der Waals surface area contributed by atoms with Crippen molar-refractivity contribution >= 4 is 24.2 Å². The van der Waals surface area contributed by atoms with Crippen LogP contribution in [-0.4, -0.2) is 16.7 Å². The van der Waals surface area contributed by atoms with Crippen molar-refractivity contribution in [3.8, 4) is 0 Å². The molecule has 2 rings (SSSR count). The monoisotopic (exact) mass is 430 g/mol. The fraction of sp³-hybridized carbons (Fsp3) is 0.615. The number of benzene rings is 1. The zero-order valence-electron chi connectivity index (χ0n) is 18.5. The molecule has 0 amide bonds. The van der Waals surface area contributed by atoms with E-state index in [2.05, 4.69) is 19.6 Å². The number of allylic oxidation sites excluding steroid dienone is 2. The lowest BCUT2D eigenvalue weighted by Gasteiger charge is -2.19. The van der Waals surface area contributed by atoms with Crippen LogP contribution >= 0.6 is 12.6 Å². The molecule has 0 spiro atoms. The second-order valence-corrected chi connectivity index (χ2v) is 9.01. The molecule has 0 unspecified atom stereocenters. The average molecular weight is 431 g/mol. The normalized spacial score (nSPS) is 13.8. The maximum atomic E-state index is 12.7. The molecule has 4 heteroatoms. The first-order chi connectivity index (χ1) is 14.6. The van der Waals surface area contributed by atoms with Gasteiger partial charge in [0.25, 0.3) is 0 Å². The number of thiol groups is 1. The molecule has 30 heavy (non-hydrogen) atoms. The van der Waals surface area contributed by atoms with Crippen molar-refractivity contribution in [3.05, 3.63) is 40.7 Å². The number of hydrogen-bond donors (Lipinski definition) is 2. The van der Waals surface area contributed by atoms with Gasteiger partial charge in [-0.25, -0.2) is 0 Å². The van der Waals surface area contributed by atoms with Crippen molar-refractivity contribution in [2.24, 2.45) is 0 Å². The topological polar surface area (TPSA) is 54.4 Å². The summed E-state index contributed by atoms with van der Waals surface area (Å²) < 4.78 is 0. The summed E-state index contributed by atoms with van der Waals surface area (Å²) >= 11 is 4.33. The van der Waals surface area contributed by atoms with Gasteiger partial charge < -0.3 is 5.11 Å². The molecule has 0 saturated heterocycles. The Morgan fingerprint density at radius 3 is 1.77 bits per heavy atom. The summed E-state index contributed by atoms with van der Waals surface area (Å²) in [5.74, 6) is -1.08. The molecule has 0 saturated carbocycles. The minimum atomic E-state index is -0.458. The Labute approximate surface area is 187 Å². The van der Waals surface area contributed by atoms with Gasteiger partial charge in [-0.1, -0.05) is 103 Å². The highest BCUT2D eigenvalue weighted by Gasteiger charge is 2.32. The number of hydrogen-bond acceptors (Lipinski definition) is 4. The molecule has 0 fully saturated rings. The van der Waals surface area contributed by atoms with E-state index in [0.29, 0.717) is 16.9 Å². The summed E-state index contributed by atoms with van der Waals surface area (Å²) in [5.41, 5.74) is 0.853. The van der Waals surface area contributed by atoms with E-state index in [1.165, 1.54) is 70.6 Å². The van der Waals surface area contributed by atoms with Crippen LogP contribution in [0.15, 0.2) is 34.4 Å². The largest absolute Gasteiger partial charge is 0.504 e. The number of rotatable bonds is 15. The highest BCUT2D eigenvalue weighted by atomic mass is 32.1. The molecular formula is C26H38O3S. The van der Waals surface area contributed by atoms with Crippen LogP contribution in [0.4, 0.5) is 0 Å². The number of carbonyl (C=O) groups excluding carboxylic acids is 2. The molecule has 1 aromatic rings. The van der Waals surface area contributed by atoms with E-state index in [-0.39, 0.29) is 22.7 Å². The van der Waals surface area contributed by atoms with Crippen LogP contribution < -0.4 is 0 Å². The van der Waals surface area contributed by atoms with Gasteiger partial charge in [0.15, 0.2) is 11.5 Å². The predicted molar refractivity (Wildman–Crippen MR) is 127 cm³/mol. The summed E-state index contributed by atoms with van der Waals surface area (Å²) in [6.07, 6.45) is 18.2. The van der Waals surface area contributed by atoms with Crippen LogP contribution in [0.25, 0.3) is 0 Å². The second kappa shape index (κ2) is 13.7. The number of fused-ring (bicyclic) bond motifs is 1. The van der Waals surface area contributed by atoms with Gasteiger partial charge >= 0.3 is 0 Å². The van der Waals surface area contributed by atoms with E-state index in [9.17, 15) is 14.7 Å². The van der Waals surface area contributed by atoms with Gasteiger partial charge in [-0.2, -0.15) is 0 Å². The van der Waals surface area contributed by atoms with Crippen molar-refractivity contribution in [2.45, 2.75) is 108 Å². The third kappa shape index (κ3) is 7.30. The summed E-state index contributed by atoms with van der Waals surface area (Å²) in [5, 5.41) is 10.2. The second-order valence-electron chi connectivity index (χ2n) is 8.53. The summed E-state index contributed by atoms with van der Waals surface area (Å²) in [4.78, 5) is 25.6. The van der Waals surface area contributed by atoms with Gasteiger partial charge in [0.05, 0.1) is 0 Å². The van der Waals surface area contributed by atoms with Gasteiger partial charge in [0.2, 0.25) is 5.78 Å². The summed E-state index contributed by atoms with van der Waals surface area (Å²) in [6.45, 7) is 2.26. The SMILES string of the molecule is CCCCCCCCCCCCCCCCC1=C(O)C(=O)c2cccc(S)c2C1=O. The molecule has 1 aliphatic carbocycles. The fourth-order valence-electron chi connectivity index (χ4n) is 4.22. The molecule has 0 aromatic heterocycles. The lowest BCUT2D eigenvalue weighted by Crippen LogP contribution is -2.22. The van der Waals surface area contributed by atoms with Crippen LogP contribution in [0.1, 0.15) is 124 Å². The standard InChI is InChI=1S/C26H38O3S/c1-2-3-4-5-6-7-8-9-10-11-12-13-14-15-17-21-24(27)23-20(25(28)26(21)29)18-16-19-22(23)30/h16,18-19,29-30H,2-15,17H2,1H3. The number of aliphatic hydroxyl groups is 1. The van der Waals surface area contributed by atoms with E-state index in [1.807, 2.05) is 0 Å². The number of ketones is 2. The molecule has 0 heterocycles. The van der Waals surface area contributed by atoms with Gasteiger partial charge in [-0.05, 0) is 18.9 Å². The molecular weight excluding hydrogens is 392 g/mol. The van der Waals surface area contributed by atoms with E-state index in [1.54, 1.807) is 18.2 Å². The first kappa shape index (κ1) is 24.7. The van der Waals surface area contributed by atoms with Crippen molar-refractivity contribution in [3.63, 3.8) is 0 Å². The van der Waals surface area contributed by atoms with Gasteiger partial charge in [0, 0.05) is 21.6 Å². The lowest BCUT2D eigenvalue weighted by molar-refractivity contribution is 0.0924. The average Bonchev–Trinajstić information content (AvgIpc) is 2.74. The van der Waals surface area contributed by atoms with Gasteiger partial charge in [-0.3, -0.25) is 9.59 Å². The highest BCUT2D eigenvalue weighted by Crippen LogP contribution is 2.31. The maximum Gasteiger partial charge on any atom is 0.228 e. The molecule has 1 N–H and O–H groups in total. The number of unbranched alkanes of at least 4 members (excludes halogenated alkanes) is 13. The van der Waals surface area contributed by atoms with Crippen LogP contribution in [0.2, 0.25) is 0 Å². The van der Waals surface area contributed by atoms with E-state index < -0.39 is 5.78 Å². The zero-order chi connectivity index (χ0) is 21.8. The van der Waals surface area contributed by atoms with Crippen LogP contribution in [0.3, 0.4) is 0 Å². The van der Waals surface area contributed by atoms with Crippen LogP contribution in [0, 0.1) is 0 Å². The molecule has 1 aromatic carbocycles. The maximum absolute atomic E-state index is 12.7. The Hall–Kier alpha value is -1.55. The molecule has 0 radical (unpaired) electrons. The zero-order valence-corrected chi connectivity index (χ0v) is 19.4. The van der Waals surface area contributed by atoms with Gasteiger partial charge in [0.1, 0.15) is 0 Å². The number of aliphatic hydroxyl groups excluding tert-OH is 1. The van der Waals surface area contributed by atoms with Crippen molar-refractivity contribution in [1.29, 1.82) is 0 Å². The first-order valence-electron chi connectivity index (χ1n) is 11.9. The van der Waals surface area contributed by atoms with Gasteiger partial charge in [-0.15, -0.1) is 12.6 Å². The Morgan fingerprint density at radius 1 is 0.733 bits per heavy atom. The number of Topliss-reactive ketones (excluding diaryl/α,β-unsaturated/α-hetero) is 2. The Morgan fingerprint density at radius 2 is 1.23 bits per heavy atom. The molecule has 0 atom stereocenters. The van der Waals surface area contributed by atoms with Crippen molar-refractivity contribution in [2.75, 3.05) is 0 Å². The van der Waals surface area contributed by atoms with Crippen molar-refractivity contribution in [1.82, 2.24) is 0 Å². The first-order valence-corrected chi connectivity index (χ1v) is 12.4. The van der Waals surface area contributed by atoms with E-state index in [0.717, 1.165) is 19.3 Å². The molecule has 1 aliphatic rings. The quantitative estimate of drug-likeness (QED) is 0.219. The summed E-state index contributed by atoms with van der Waals surface area (Å²) in [6, 6.07) is 4.96. The lowest BCUT2D eigenvalue weighted by atomic mass is 9.86. The number of carbonyl (C=O) groups is 2. The molecule has 0 aliphatic heterocycles. The minimum Gasteiger partial charge on any atom is -0.504 e. The van der Waals surface area contributed by atoms with Crippen LogP contribution in [-0.2, 0) is 0 Å². The Kier molecular flexibility index (Phi) is 11.3. The van der Waals surface area contributed by atoms with Crippen LogP contribution in [0.5, 0.6) is 0 Å². The Balaban J connectivity index is 1.58. The predicted octanol–water partition coefficient (Wildman–Crippen LogP) is 8.04. The molecule has 166 valence electrons. The third-order valence-corrected chi connectivity index (χ3v) is 6.44. The Bertz CT molecular complexity index is 736. The molecule has 3 nitrogen and oxygen atoms in total.